The molecule has 0 aliphatic carbocycles. The molecule has 3 N–H and O–H groups in total. The van der Waals surface area contributed by atoms with Gasteiger partial charge < -0.3 is 11.1 Å². The van der Waals surface area contributed by atoms with Gasteiger partial charge in [-0.15, -0.1) is 0 Å². The number of amides is 1. The van der Waals surface area contributed by atoms with E-state index in [1.54, 1.807) is 6.92 Å². The summed E-state index contributed by atoms with van der Waals surface area (Å²) < 4.78 is 29.2. The van der Waals surface area contributed by atoms with Crippen LogP contribution in [0.3, 0.4) is 0 Å². The number of hydrogen-bond donors (Lipinski definition) is 2. The molecule has 0 fully saturated rings. The fourth-order valence-corrected chi connectivity index (χ4v) is 3.31. The Balaban J connectivity index is 1.66. The number of anilines is 1. The predicted molar refractivity (Wildman–Crippen MR) is 104 cm³/mol. The van der Waals surface area contributed by atoms with Gasteiger partial charge in [0.15, 0.2) is 5.69 Å². The highest BCUT2D eigenvalue weighted by Gasteiger charge is 2.35. The second-order valence-electron chi connectivity index (χ2n) is 6.97. The Kier molecular flexibility index (Phi) is 4.50. The van der Waals surface area contributed by atoms with Gasteiger partial charge in [-0.25, -0.2) is 13.8 Å². The van der Waals surface area contributed by atoms with Gasteiger partial charge in [0.1, 0.15) is 40.5 Å². The van der Waals surface area contributed by atoms with E-state index in [1.165, 1.54) is 35.0 Å². The molecule has 150 valence electrons. The Morgan fingerprint density at radius 2 is 2.10 bits per heavy atom. The van der Waals surface area contributed by atoms with Crippen LogP contribution in [0.4, 0.5) is 14.5 Å². The van der Waals surface area contributed by atoms with Crippen LogP contribution in [-0.4, -0.2) is 26.5 Å². The number of hydrogen-bond acceptors (Lipinski definition) is 6. The molecule has 3 aromatic rings. The normalized spacial score (nSPS) is 17.6. The molecular weight excluding hydrogens is 392 g/mol. The van der Waals surface area contributed by atoms with Crippen LogP contribution in [0.15, 0.2) is 47.6 Å². The summed E-state index contributed by atoms with van der Waals surface area (Å²) in [6, 6.07) is 9.87. The molecule has 0 spiro atoms. The molecule has 0 radical (unpaired) electrons. The predicted octanol–water partition coefficient (Wildman–Crippen LogP) is 2.31. The molecule has 0 saturated carbocycles. The zero-order valence-corrected chi connectivity index (χ0v) is 15.7. The molecule has 1 aliphatic rings. The van der Waals surface area contributed by atoms with Gasteiger partial charge >= 0.3 is 0 Å². The minimum absolute atomic E-state index is 0.0126. The van der Waals surface area contributed by atoms with Crippen molar-refractivity contribution < 1.29 is 13.6 Å². The van der Waals surface area contributed by atoms with Crippen molar-refractivity contribution in [1.82, 2.24) is 14.8 Å². The number of nitriles is 1. The summed E-state index contributed by atoms with van der Waals surface area (Å²) in [6.45, 7) is 1.83. The molecule has 30 heavy (non-hydrogen) atoms. The Morgan fingerprint density at radius 3 is 2.80 bits per heavy atom. The highest BCUT2D eigenvalue weighted by Crippen LogP contribution is 2.34. The maximum atomic E-state index is 14.7. The van der Waals surface area contributed by atoms with Crippen molar-refractivity contribution in [2.45, 2.75) is 19.0 Å². The molecule has 8 nitrogen and oxygen atoms in total. The Morgan fingerprint density at radius 1 is 1.30 bits per heavy atom. The monoisotopic (exact) mass is 407 g/mol. The lowest BCUT2D eigenvalue weighted by Crippen LogP contribution is -2.37. The number of pyridine rings is 1. The summed E-state index contributed by atoms with van der Waals surface area (Å²) in [5, 5.41) is 15.8. The number of nitrogens with two attached hydrogens (primary N) is 1. The topological polar surface area (TPSA) is 122 Å². The summed E-state index contributed by atoms with van der Waals surface area (Å²) >= 11 is 0. The molecule has 3 heterocycles. The van der Waals surface area contributed by atoms with E-state index < -0.39 is 23.1 Å². The molecule has 4 rings (SSSR count). The molecule has 0 saturated heterocycles. The van der Waals surface area contributed by atoms with E-state index in [0.29, 0.717) is 11.4 Å². The quantitative estimate of drug-likeness (QED) is 0.690. The first-order valence-corrected chi connectivity index (χ1v) is 8.86. The Hall–Kier alpha value is -4.13. The summed E-state index contributed by atoms with van der Waals surface area (Å²) in [5.74, 6) is -1.54. The molecular formula is C20H15F2N7O. The molecule has 0 unspecified atom stereocenters. The van der Waals surface area contributed by atoms with Gasteiger partial charge in [0.25, 0.3) is 5.91 Å². The number of benzene rings is 1. The minimum atomic E-state index is -1.12. The zero-order chi connectivity index (χ0) is 21.5. The lowest BCUT2D eigenvalue weighted by atomic mass is 9.90. The van der Waals surface area contributed by atoms with Crippen LogP contribution in [-0.2, 0) is 12.1 Å². The Bertz CT molecular complexity index is 1230. The van der Waals surface area contributed by atoms with Gasteiger partial charge in [0.05, 0.1) is 12.7 Å². The van der Waals surface area contributed by atoms with Crippen molar-refractivity contribution in [1.29, 1.82) is 5.26 Å². The summed E-state index contributed by atoms with van der Waals surface area (Å²) in [7, 11) is 0. The van der Waals surface area contributed by atoms with Gasteiger partial charge in [0.2, 0.25) is 0 Å². The van der Waals surface area contributed by atoms with Gasteiger partial charge in [0, 0.05) is 17.3 Å². The van der Waals surface area contributed by atoms with E-state index in [-0.39, 0.29) is 29.3 Å². The van der Waals surface area contributed by atoms with E-state index in [0.717, 1.165) is 12.3 Å². The average molecular weight is 407 g/mol. The largest absolute Gasteiger partial charge is 0.382 e. The smallest absolute Gasteiger partial charge is 0.274 e. The van der Waals surface area contributed by atoms with Crippen molar-refractivity contribution in [3.05, 3.63) is 76.9 Å². The number of rotatable bonds is 3. The van der Waals surface area contributed by atoms with E-state index in [1.807, 2.05) is 6.07 Å². The number of nitrogens with one attached hydrogen (secondary N) is 1. The van der Waals surface area contributed by atoms with Crippen molar-refractivity contribution >= 4 is 17.4 Å². The summed E-state index contributed by atoms with van der Waals surface area (Å²) in [5.41, 5.74) is 6.09. The Labute approximate surface area is 169 Å². The van der Waals surface area contributed by atoms with E-state index in [2.05, 4.69) is 20.4 Å². The van der Waals surface area contributed by atoms with Gasteiger partial charge in [-0.05, 0) is 37.3 Å². The minimum Gasteiger partial charge on any atom is -0.382 e. The van der Waals surface area contributed by atoms with Crippen LogP contribution in [0, 0.1) is 23.0 Å². The lowest BCUT2D eigenvalue weighted by molar-refractivity contribution is 0.102. The number of halogens is 2. The second kappa shape index (κ2) is 7.04. The highest BCUT2D eigenvalue weighted by molar-refractivity contribution is 6.03. The van der Waals surface area contributed by atoms with E-state index >= 15 is 0 Å². The number of carbonyl (C=O) groups is 1. The van der Waals surface area contributed by atoms with E-state index in [4.69, 9.17) is 11.0 Å². The number of carbonyl (C=O) groups excluding carboxylic acids is 1. The number of aliphatic imine (C=N–C) groups is 1. The summed E-state index contributed by atoms with van der Waals surface area (Å²) in [4.78, 5) is 20.5. The van der Waals surface area contributed by atoms with Crippen LogP contribution in [0.2, 0.25) is 0 Å². The van der Waals surface area contributed by atoms with Gasteiger partial charge in [-0.2, -0.15) is 10.4 Å². The third kappa shape index (κ3) is 3.37. The van der Waals surface area contributed by atoms with Crippen molar-refractivity contribution in [2.75, 3.05) is 5.32 Å². The lowest BCUT2D eigenvalue weighted by Gasteiger charge is -2.31. The fourth-order valence-electron chi connectivity index (χ4n) is 3.31. The van der Waals surface area contributed by atoms with Crippen LogP contribution >= 0.6 is 0 Å². The summed E-state index contributed by atoms with van der Waals surface area (Å²) in [6.07, 6.45) is 0.933. The number of aromatic nitrogens is 3. The second-order valence-corrected chi connectivity index (χ2v) is 6.97. The molecule has 0 bridgehead atoms. The first-order valence-electron chi connectivity index (χ1n) is 8.86. The molecule has 1 aliphatic heterocycles. The van der Waals surface area contributed by atoms with Crippen LogP contribution in [0.25, 0.3) is 0 Å². The molecule has 1 amide bonds. The van der Waals surface area contributed by atoms with E-state index in [9.17, 15) is 13.6 Å². The molecule has 1 atom stereocenters. The van der Waals surface area contributed by atoms with Crippen molar-refractivity contribution in [3.63, 3.8) is 0 Å². The number of fused-ring (bicyclic) bond motifs is 1. The molecule has 1 aromatic carbocycles. The first kappa shape index (κ1) is 19.2. The molecule has 10 heteroatoms. The zero-order valence-electron chi connectivity index (χ0n) is 15.7. The standard InChI is InChI=1S/C20H15F2N7O/c1-20(10-29-17(18(24)27-20)7-13(8-23)28-29)14-6-12(3-4-15(14)22)26-19(30)16-5-2-11(21)9-25-16/h2-7,9H,10H2,1H3,(H2,24,27)(H,26,30)/t20-/m1/s1. The van der Waals surface area contributed by atoms with Crippen LogP contribution in [0.5, 0.6) is 0 Å². The SMILES string of the molecule is C[C@]1(c2cc(NC(=O)c3ccc(F)cn3)ccc2F)Cn2nc(C#N)cc2C(N)=N1. The third-order valence-corrected chi connectivity index (χ3v) is 4.75. The maximum absolute atomic E-state index is 14.7. The first-order chi connectivity index (χ1) is 14.3. The number of amidine groups is 1. The van der Waals surface area contributed by atoms with Crippen LogP contribution in [0.1, 0.15) is 34.4 Å². The maximum Gasteiger partial charge on any atom is 0.274 e. The fraction of sp³-hybridized carbons (Fsp3) is 0.150. The van der Waals surface area contributed by atoms with Crippen molar-refractivity contribution in [3.8, 4) is 6.07 Å². The molecule has 2 aromatic heterocycles. The van der Waals surface area contributed by atoms with Gasteiger partial charge in [-0.3, -0.25) is 14.5 Å². The van der Waals surface area contributed by atoms with Crippen molar-refractivity contribution in [2.24, 2.45) is 10.7 Å². The third-order valence-electron chi connectivity index (χ3n) is 4.75. The van der Waals surface area contributed by atoms with Crippen LogP contribution < -0.4 is 11.1 Å². The average Bonchev–Trinajstić information content (AvgIpc) is 3.13. The number of nitrogens with zero attached hydrogens (tertiary/aromatic N) is 5. The highest BCUT2D eigenvalue weighted by atomic mass is 19.1. The van der Waals surface area contributed by atoms with Gasteiger partial charge in [-0.1, -0.05) is 0 Å².